The van der Waals surface area contributed by atoms with Crippen molar-refractivity contribution >= 4 is 23.8 Å². The largest absolute Gasteiger partial charge is 0.494 e. The lowest BCUT2D eigenvalue weighted by atomic mass is 9.82. The summed E-state index contributed by atoms with van der Waals surface area (Å²) in [5, 5.41) is 0. The Balaban J connectivity index is 0.00000147. The molecule has 1 aromatic carbocycles. The second-order valence-corrected chi connectivity index (χ2v) is 5.60. The van der Waals surface area contributed by atoms with Gasteiger partial charge in [-0.1, -0.05) is 30.3 Å². The lowest BCUT2D eigenvalue weighted by Gasteiger charge is -2.41. The number of benzene rings is 1. The fraction of sp³-hybridized carbons (Fsp3) is 0.438. The van der Waals surface area contributed by atoms with Gasteiger partial charge >= 0.3 is 0 Å². The van der Waals surface area contributed by atoms with Gasteiger partial charge in [0.15, 0.2) is 5.78 Å². The number of hydrogen-bond acceptors (Lipinski definition) is 3. The monoisotopic (exact) mass is 293 g/mol. The maximum atomic E-state index is 12.4. The molecule has 0 N–H and O–H groups in total. The topological polar surface area (TPSA) is 29.5 Å². The predicted molar refractivity (Wildman–Crippen MR) is 81.8 cm³/mol. The molecule has 1 spiro atoms. The van der Waals surface area contributed by atoms with Gasteiger partial charge in [-0.15, -0.1) is 12.4 Å². The van der Waals surface area contributed by atoms with Gasteiger partial charge in [0.05, 0.1) is 18.3 Å². The van der Waals surface area contributed by atoms with E-state index >= 15 is 0 Å². The summed E-state index contributed by atoms with van der Waals surface area (Å²) in [6.45, 7) is 2.00. The summed E-state index contributed by atoms with van der Waals surface area (Å²) in [5.74, 6) is 0.210. The average molecular weight is 294 g/mol. The number of Topliss-reactive ketones (excluding diaryl/α,β-unsaturated/α-hetero) is 1. The van der Waals surface area contributed by atoms with Crippen LogP contribution in [-0.4, -0.2) is 36.4 Å². The number of piperidine rings is 1. The lowest BCUT2D eigenvalue weighted by Crippen LogP contribution is -2.46. The van der Waals surface area contributed by atoms with Crippen molar-refractivity contribution in [3.05, 3.63) is 42.2 Å². The SMILES string of the molecule is CN1CCC2(CC1)CC(=O)C(c1ccccc1)=CO2.Cl. The summed E-state index contributed by atoms with van der Waals surface area (Å²) in [6, 6.07) is 9.77. The van der Waals surface area contributed by atoms with E-state index in [2.05, 4.69) is 11.9 Å². The number of ketones is 1. The Hall–Kier alpha value is -1.32. The molecule has 0 bridgehead atoms. The summed E-state index contributed by atoms with van der Waals surface area (Å²) < 4.78 is 5.98. The van der Waals surface area contributed by atoms with Crippen molar-refractivity contribution in [3.63, 3.8) is 0 Å². The van der Waals surface area contributed by atoms with E-state index in [1.54, 1.807) is 6.26 Å². The number of nitrogens with zero attached hydrogens (tertiary/aromatic N) is 1. The number of carbonyl (C=O) groups excluding carboxylic acids is 1. The van der Waals surface area contributed by atoms with Crippen molar-refractivity contribution in [2.45, 2.75) is 24.9 Å². The highest BCUT2D eigenvalue weighted by Crippen LogP contribution is 2.36. The van der Waals surface area contributed by atoms with Crippen LogP contribution in [0.4, 0.5) is 0 Å². The Bertz CT molecular complexity index is 504. The molecule has 4 heteroatoms. The number of allylic oxidation sites excluding steroid dienone is 1. The van der Waals surface area contributed by atoms with Crippen LogP contribution in [0.25, 0.3) is 5.57 Å². The van der Waals surface area contributed by atoms with Crippen LogP contribution in [0.3, 0.4) is 0 Å². The predicted octanol–water partition coefficient (Wildman–Crippen LogP) is 2.90. The van der Waals surface area contributed by atoms with Gasteiger partial charge < -0.3 is 9.64 Å². The van der Waals surface area contributed by atoms with Gasteiger partial charge in [0.2, 0.25) is 0 Å². The molecular weight excluding hydrogens is 274 g/mol. The van der Waals surface area contributed by atoms with E-state index in [9.17, 15) is 4.79 Å². The Labute approximate surface area is 126 Å². The zero-order chi connectivity index (χ0) is 13.3. The number of ether oxygens (including phenoxy) is 1. The fourth-order valence-corrected chi connectivity index (χ4v) is 2.85. The molecule has 108 valence electrons. The molecule has 0 aromatic heterocycles. The Morgan fingerprint density at radius 1 is 1.15 bits per heavy atom. The Morgan fingerprint density at radius 3 is 2.40 bits per heavy atom. The number of hydrogen-bond donors (Lipinski definition) is 0. The smallest absolute Gasteiger partial charge is 0.170 e. The van der Waals surface area contributed by atoms with E-state index in [-0.39, 0.29) is 23.8 Å². The molecule has 3 rings (SSSR count). The first-order chi connectivity index (χ1) is 9.19. The standard InChI is InChI=1S/C16H19NO2.ClH/c1-17-9-7-16(8-10-17)11-15(18)14(12-19-16)13-5-3-2-4-6-13;/h2-6,12H,7-11H2,1H3;1H. The van der Waals surface area contributed by atoms with Crippen molar-refractivity contribution in [1.29, 1.82) is 0 Å². The minimum Gasteiger partial charge on any atom is -0.494 e. The zero-order valence-corrected chi connectivity index (χ0v) is 12.5. The highest BCUT2D eigenvalue weighted by atomic mass is 35.5. The van der Waals surface area contributed by atoms with Crippen molar-refractivity contribution in [2.75, 3.05) is 20.1 Å². The molecule has 1 fully saturated rings. The van der Waals surface area contributed by atoms with E-state index < -0.39 is 0 Å². The second-order valence-electron chi connectivity index (χ2n) is 5.60. The van der Waals surface area contributed by atoms with Crippen LogP contribution in [0.5, 0.6) is 0 Å². The maximum absolute atomic E-state index is 12.4. The minimum absolute atomic E-state index is 0. The first-order valence-corrected chi connectivity index (χ1v) is 6.84. The van der Waals surface area contributed by atoms with Gasteiger partial charge in [-0.05, 0) is 12.6 Å². The Morgan fingerprint density at radius 2 is 1.80 bits per heavy atom. The molecule has 2 aliphatic heterocycles. The summed E-state index contributed by atoms with van der Waals surface area (Å²) in [4.78, 5) is 14.7. The molecule has 3 nitrogen and oxygen atoms in total. The fourth-order valence-electron chi connectivity index (χ4n) is 2.85. The number of likely N-dealkylation sites (tertiary alicyclic amines) is 1. The first-order valence-electron chi connectivity index (χ1n) is 6.84. The van der Waals surface area contributed by atoms with Crippen molar-refractivity contribution in [1.82, 2.24) is 4.90 Å². The van der Waals surface area contributed by atoms with Gasteiger partial charge in [-0.3, -0.25) is 4.79 Å². The summed E-state index contributed by atoms with van der Waals surface area (Å²) in [5.41, 5.74) is 1.42. The Kier molecular flexibility index (Phi) is 4.51. The highest BCUT2D eigenvalue weighted by Gasteiger charge is 2.40. The van der Waals surface area contributed by atoms with Crippen LogP contribution in [-0.2, 0) is 9.53 Å². The summed E-state index contributed by atoms with van der Waals surface area (Å²) in [6.07, 6.45) is 4.08. The number of rotatable bonds is 1. The van der Waals surface area contributed by atoms with Crippen LogP contribution in [0.2, 0.25) is 0 Å². The summed E-state index contributed by atoms with van der Waals surface area (Å²) in [7, 11) is 2.11. The van der Waals surface area contributed by atoms with E-state index in [1.165, 1.54) is 0 Å². The lowest BCUT2D eigenvalue weighted by molar-refractivity contribution is -0.124. The molecule has 0 aliphatic carbocycles. The first kappa shape index (κ1) is 15.1. The zero-order valence-electron chi connectivity index (χ0n) is 11.7. The van der Waals surface area contributed by atoms with Gasteiger partial charge in [0.1, 0.15) is 5.60 Å². The quantitative estimate of drug-likeness (QED) is 0.797. The van der Waals surface area contributed by atoms with Crippen LogP contribution in [0, 0.1) is 0 Å². The highest BCUT2D eigenvalue weighted by molar-refractivity contribution is 6.21. The molecule has 2 heterocycles. The van der Waals surface area contributed by atoms with Gasteiger partial charge in [0.25, 0.3) is 0 Å². The number of halogens is 1. The molecule has 2 aliphatic rings. The van der Waals surface area contributed by atoms with Crippen LogP contribution < -0.4 is 0 Å². The molecule has 0 atom stereocenters. The molecule has 1 aromatic rings. The molecule has 20 heavy (non-hydrogen) atoms. The maximum Gasteiger partial charge on any atom is 0.170 e. The third kappa shape index (κ3) is 2.89. The molecule has 0 unspecified atom stereocenters. The third-order valence-corrected chi connectivity index (χ3v) is 4.19. The van der Waals surface area contributed by atoms with Crippen LogP contribution in [0.15, 0.2) is 36.6 Å². The van der Waals surface area contributed by atoms with Gasteiger partial charge in [-0.2, -0.15) is 0 Å². The summed E-state index contributed by atoms with van der Waals surface area (Å²) >= 11 is 0. The molecule has 0 amide bonds. The molecular formula is C16H20ClNO2. The van der Waals surface area contributed by atoms with E-state index in [4.69, 9.17) is 4.74 Å². The normalized spacial score (nSPS) is 21.9. The van der Waals surface area contributed by atoms with Crippen molar-refractivity contribution < 1.29 is 9.53 Å². The molecule has 0 saturated carbocycles. The number of carbonyl (C=O) groups is 1. The van der Waals surface area contributed by atoms with Crippen molar-refractivity contribution in [2.24, 2.45) is 0 Å². The second kappa shape index (κ2) is 5.98. The van der Waals surface area contributed by atoms with Crippen molar-refractivity contribution in [3.8, 4) is 0 Å². The molecule has 0 radical (unpaired) electrons. The van der Waals surface area contributed by atoms with Crippen LogP contribution in [0.1, 0.15) is 24.8 Å². The van der Waals surface area contributed by atoms with Crippen LogP contribution >= 0.6 is 12.4 Å². The minimum atomic E-state index is -0.248. The average Bonchev–Trinajstić information content (AvgIpc) is 2.44. The third-order valence-electron chi connectivity index (χ3n) is 4.19. The van der Waals surface area contributed by atoms with Gasteiger partial charge in [-0.25, -0.2) is 0 Å². The van der Waals surface area contributed by atoms with E-state index in [1.807, 2.05) is 30.3 Å². The van der Waals surface area contributed by atoms with Gasteiger partial charge in [0, 0.05) is 25.9 Å². The van der Waals surface area contributed by atoms with E-state index in [0.29, 0.717) is 12.0 Å². The van der Waals surface area contributed by atoms with E-state index in [0.717, 1.165) is 31.5 Å². The molecule has 1 saturated heterocycles.